The minimum absolute atomic E-state index is 0.0121. The number of barbiturate groups is 2. The Morgan fingerprint density at radius 1 is 0.732 bits per heavy atom. The Morgan fingerprint density at radius 2 is 1.12 bits per heavy atom. The van der Waals surface area contributed by atoms with Gasteiger partial charge in [-0.2, -0.15) is 0 Å². The molecule has 2 saturated heterocycles. The summed E-state index contributed by atoms with van der Waals surface area (Å²) in [6, 6.07) is 2.87. The number of nitro benzene ring substituents is 1. The average molecular weight is 566 g/mol. The first-order valence-corrected chi connectivity index (χ1v) is 11.9. The molecule has 212 valence electrons. The molecule has 16 heteroatoms. The standard InChI is InChI=1S/C25H22N6O10/c1-27-20(34)16(21(35)28(2)24(27)38)18(32)13-9-26-10-14(15(13)11-6-5-7-12(8-11)31(40)41)19(33)17-22(36)29(3)25(39)30(4)23(17)37/h5-10,15-17,26H,1-4H3. The van der Waals surface area contributed by atoms with Crippen LogP contribution in [0.2, 0.25) is 0 Å². The second-order valence-electron chi connectivity index (χ2n) is 9.40. The lowest BCUT2D eigenvalue weighted by Crippen LogP contribution is -2.60. The number of hydrogen-bond donors (Lipinski definition) is 1. The number of urea groups is 2. The maximum Gasteiger partial charge on any atom is 0.332 e. The molecule has 0 unspecified atom stereocenters. The molecular formula is C25H22N6O10. The van der Waals surface area contributed by atoms with E-state index < -0.39 is 75.6 Å². The summed E-state index contributed by atoms with van der Waals surface area (Å²) in [4.78, 5) is 117. The van der Waals surface area contributed by atoms with Crippen LogP contribution in [0.15, 0.2) is 47.8 Å². The molecular weight excluding hydrogens is 544 g/mol. The molecule has 1 N–H and O–H groups in total. The van der Waals surface area contributed by atoms with Gasteiger partial charge < -0.3 is 5.32 Å². The van der Waals surface area contributed by atoms with Crippen molar-refractivity contribution in [3.63, 3.8) is 0 Å². The zero-order valence-corrected chi connectivity index (χ0v) is 22.0. The number of dihydropyridines is 1. The van der Waals surface area contributed by atoms with Crippen molar-refractivity contribution in [2.45, 2.75) is 5.92 Å². The Balaban J connectivity index is 1.84. The van der Waals surface area contributed by atoms with Gasteiger partial charge in [-0.1, -0.05) is 12.1 Å². The first-order valence-electron chi connectivity index (χ1n) is 11.9. The van der Waals surface area contributed by atoms with Gasteiger partial charge in [0.15, 0.2) is 23.4 Å². The van der Waals surface area contributed by atoms with Crippen LogP contribution in [0.4, 0.5) is 15.3 Å². The number of Topliss-reactive ketones (excluding diaryl/α,β-unsaturated/α-hetero) is 2. The molecule has 0 saturated carbocycles. The third-order valence-corrected chi connectivity index (χ3v) is 7.07. The second kappa shape index (κ2) is 10.2. The van der Waals surface area contributed by atoms with E-state index in [2.05, 4.69) is 5.32 Å². The minimum Gasteiger partial charge on any atom is -0.367 e. The minimum atomic E-state index is -2.03. The molecule has 0 atom stereocenters. The van der Waals surface area contributed by atoms with Gasteiger partial charge in [-0.15, -0.1) is 0 Å². The molecule has 4 rings (SSSR count). The summed E-state index contributed by atoms with van der Waals surface area (Å²) in [6.07, 6.45) is 2.15. The van der Waals surface area contributed by atoms with Gasteiger partial charge in [0.1, 0.15) is 0 Å². The largest absolute Gasteiger partial charge is 0.367 e. The Kier molecular flexibility index (Phi) is 7.09. The monoisotopic (exact) mass is 566 g/mol. The van der Waals surface area contributed by atoms with Gasteiger partial charge in [-0.05, 0) is 5.56 Å². The van der Waals surface area contributed by atoms with Gasteiger partial charge in [-0.3, -0.25) is 58.5 Å². The van der Waals surface area contributed by atoms with E-state index in [9.17, 15) is 48.5 Å². The second-order valence-corrected chi connectivity index (χ2v) is 9.40. The van der Waals surface area contributed by atoms with Gasteiger partial charge in [0.2, 0.25) is 0 Å². The Morgan fingerprint density at radius 3 is 1.49 bits per heavy atom. The third kappa shape index (κ3) is 4.44. The molecule has 3 aliphatic rings. The molecule has 0 spiro atoms. The van der Waals surface area contributed by atoms with Gasteiger partial charge in [0, 0.05) is 69.8 Å². The van der Waals surface area contributed by atoms with Crippen LogP contribution in [0, 0.1) is 22.0 Å². The molecule has 0 radical (unpaired) electrons. The number of non-ortho nitro benzene ring substituents is 1. The molecule has 0 aliphatic carbocycles. The van der Waals surface area contributed by atoms with Crippen molar-refractivity contribution in [3.8, 4) is 0 Å². The van der Waals surface area contributed by atoms with Crippen LogP contribution in [0.1, 0.15) is 11.5 Å². The van der Waals surface area contributed by atoms with E-state index in [0.29, 0.717) is 19.6 Å². The first kappa shape index (κ1) is 28.5. The number of carbonyl (C=O) groups excluding carboxylic acids is 8. The zero-order chi connectivity index (χ0) is 30.5. The zero-order valence-electron chi connectivity index (χ0n) is 22.0. The molecule has 8 amide bonds. The molecule has 41 heavy (non-hydrogen) atoms. The van der Waals surface area contributed by atoms with Crippen molar-refractivity contribution in [1.82, 2.24) is 24.9 Å². The number of nitrogens with zero attached hydrogens (tertiary/aromatic N) is 5. The fraction of sp³-hybridized carbons (Fsp3) is 0.280. The van der Waals surface area contributed by atoms with E-state index in [1.807, 2.05) is 0 Å². The lowest BCUT2D eigenvalue weighted by Gasteiger charge is -2.35. The number of hydrogen-bond acceptors (Lipinski definition) is 11. The summed E-state index contributed by atoms with van der Waals surface area (Å²) in [6.45, 7) is 0. The van der Waals surface area contributed by atoms with Crippen LogP contribution in [0.3, 0.4) is 0 Å². The number of rotatable bonds is 6. The summed E-state index contributed by atoms with van der Waals surface area (Å²) >= 11 is 0. The van der Waals surface area contributed by atoms with E-state index in [1.54, 1.807) is 0 Å². The van der Waals surface area contributed by atoms with Crippen LogP contribution in [0.5, 0.6) is 0 Å². The van der Waals surface area contributed by atoms with E-state index in [1.165, 1.54) is 12.1 Å². The van der Waals surface area contributed by atoms with Gasteiger partial charge in [-0.25, -0.2) is 9.59 Å². The predicted octanol–water partition coefficient (Wildman–Crippen LogP) is -0.479. The number of nitro groups is 1. The number of amides is 8. The van der Waals surface area contributed by atoms with Crippen LogP contribution in [-0.2, 0) is 28.8 Å². The summed E-state index contributed by atoms with van der Waals surface area (Å²) in [5.74, 6) is -12.4. The Labute approximate surface area is 231 Å². The molecule has 2 fully saturated rings. The fourth-order valence-corrected chi connectivity index (χ4v) is 4.75. The van der Waals surface area contributed by atoms with E-state index >= 15 is 0 Å². The number of carbonyl (C=O) groups is 8. The van der Waals surface area contributed by atoms with Crippen molar-refractivity contribution < 1.29 is 43.3 Å². The third-order valence-electron chi connectivity index (χ3n) is 7.07. The molecule has 1 aromatic carbocycles. The molecule has 1 aromatic rings. The lowest BCUT2D eigenvalue weighted by molar-refractivity contribution is -0.384. The first-order chi connectivity index (χ1) is 19.2. The highest BCUT2D eigenvalue weighted by Gasteiger charge is 2.52. The fourth-order valence-electron chi connectivity index (χ4n) is 4.75. The van der Waals surface area contributed by atoms with Gasteiger partial charge in [0.25, 0.3) is 29.3 Å². The molecule has 0 bridgehead atoms. The summed E-state index contributed by atoms with van der Waals surface area (Å²) in [5, 5.41) is 14.1. The summed E-state index contributed by atoms with van der Waals surface area (Å²) < 4.78 is 0. The van der Waals surface area contributed by atoms with Crippen LogP contribution in [-0.4, -0.2) is 100.0 Å². The van der Waals surface area contributed by atoms with Crippen molar-refractivity contribution in [3.05, 3.63) is 63.5 Å². The SMILES string of the molecule is CN1C(=O)C(C(=O)C2=CNC=C(C(=O)C3C(=O)N(C)C(=O)N(C)C3=O)C2c2cccc([N+](=O)[O-])c2)C(=O)N(C)C1=O. The number of ketones is 2. The van der Waals surface area contributed by atoms with Crippen molar-refractivity contribution in [2.75, 3.05) is 28.2 Å². The highest BCUT2D eigenvalue weighted by Crippen LogP contribution is 2.39. The summed E-state index contributed by atoms with van der Waals surface area (Å²) in [7, 11) is 4.29. The maximum absolute atomic E-state index is 13.8. The number of benzene rings is 1. The van der Waals surface area contributed by atoms with Crippen molar-refractivity contribution in [2.24, 2.45) is 11.8 Å². The molecule has 3 aliphatic heterocycles. The highest BCUT2D eigenvalue weighted by atomic mass is 16.6. The van der Waals surface area contributed by atoms with Gasteiger partial charge in [0.05, 0.1) is 4.92 Å². The Bertz CT molecular complexity index is 1410. The number of imide groups is 4. The van der Waals surface area contributed by atoms with Crippen molar-refractivity contribution in [1.29, 1.82) is 0 Å². The predicted molar refractivity (Wildman–Crippen MR) is 134 cm³/mol. The smallest absolute Gasteiger partial charge is 0.332 e. The lowest BCUT2D eigenvalue weighted by atomic mass is 9.75. The van der Waals surface area contributed by atoms with Crippen LogP contribution in [0.25, 0.3) is 0 Å². The highest BCUT2D eigenvalue weighted by molar-refractivity contribution is 6.32. The normalized spacial score (nSPS) is 19.4. The molecule has 0 aromatic heterocycles. The average Bonchev–Trinajstić information content (AvgIpc) is 2.96. The van der Waals surface area contributed by atoms with Crippen LogP contribution < -0.4 is 5.32 Å². The Hall–Kier alpha value is -5.54. The van der Waals surface area contributed by atoms with E-state index in [-0.39, 0.29) is 16.7 Å². The van der Waals surface area contributed by atoms with E-state index in [0.717, 1.165) is 52.7 Å². The van der Waals surface area contributed by atoms with Gasteiger partial charge >= 0.3 is 12.1 Å². The van der Waals surface area contributed by atoms with Crippen LogP contribution >= 0.6 is 0 Å². The maximum atomic E-state index is 13.8. The topological polar surface area (TPSA) is 205 Å². The number of allylic oxidation sites excluding steroid dienone is 2. The van der Waals surface area contributed by atoms with Crippen molar-refractivity contribution >= 4 is 52.9 Å². The summed E-state index contributed by atoms with van der Waals surface area (Å²) in [5.41, 5.74) is -1.20. The molecule has 16 nitrogen and oxygen atoms in total. The quantitative estimate of drug-likeness (QED) is 0.264. The number of nitrogens with one attached hydrogen (secondary N) is 1. The van der Waals surface area contributed by atoms with E-state index in [4.69, 9.17) is 0 Å². The molecule has 3 heterocycles.